The predicted octanol–water partition coefficient (Wildman–Crippen LogP) is 6.04. The van der Waals surface area contributed by atoms with Crippen molar-refractivity contribution >= 4 is 5.65 Å². The van der Waals surface area contributed by atoms with Crippen LogP contribution < -0.4 is 0 Å². The van der Waals surface area contributed by atoms with Crippen molar-refractivity contribution in [2.45, 2.75) is 77.2 Å². The molecule has 1 aromatic carbocycles. The van der Waals surface area contributed by atoms with Gasteiger partial charge in [-0.25, -0.2) is 9.50 Å². The lowest BCUT2D eigenvalue weighted by Crippen LogP contribution is -2.51. The second-order valence-electron chi connectivity index (χ2n) is 12.1. The third-order valence-corrected chi connectivity index (χ3v) is 10.4. The van der Waals surface area contributed by atoms with Crippen LogP contribution in [0.1, 0.15) is 69.2 Å². The first kappa shape index (κ1) is 20.9. The van der Waals surface area contributed by atoms with Crippen LogP contribution in [-0.2, 0) is 11.8 Å². The van der Waals surface area contributed by atoms with Crippen LogP contribution in [0.2, 0.25) is 0 Å². The minimum absolute atomic E-state index is 0.122. The maximum atomic E-state index is 10.3. The van der Waals surface area contributed by atoms with E-state index in [1.165, 1.54) is 40.9 Å². The van der Waals surface area contributed by atoms with E-state index in [0.717, 1.165) is 43.7 Å². The minimum atomic E-state index is -0.141. The fourth-order valence-electron chi connectivity index (χ4n) is 8.58. The second-order valence-corrected chi connectivity index (χ2v) is 12.1. The van der Waals surface area contributed by atoms with Crippen molar-refractivity contribution in [3.05, 3.63) is 65.0 Å². The molecule has 34 heavy (non-hydrogen) atoms. The quantitative estimate of drug-likeness (QED) is 0.457. The van der Waals surface area contributed by atoms with Crippen molar-refractivity contribution in [2.24, 2.45) is 23.2 Å². The van der Waals surface area contributed by atoms with Crippen LogP contribution >= 0.6 is 0 Å². The van der Waals surface area contributed by atoms with Gasteiger partial charge in [0.2, 0.25) is 0 Å². The Bertz CT molecular complexity index is 1340. The summed E-state index contributed by atoms with van der Waals surface area (Å²) in [5, 5.41) is 15.1. The minimum Gasteiger partial charge on any atom is -0.393 e. The molecular formula is C30H35N3O. The van der Waals surface area contributed by atoms with E-state index in [4.69, 9.17) is 10.1 Å². The van der Waals surface area contributed by atoms with Crippen LogP contribution in [0.5, 0.6) is 0 Å². The van der Waals surface area contributed by atoms with Crippen molar-refractivity contribution in [3.63, 3.8) is 0 Å². The maximum Gasteiger partial charge on any atom is 0.155 e. The first-order valence-electron chi connectivity index (χ1n) is 13.2. The summed E-state index contributed by atoms with van der Waals surface area (Å²) in [6.45, 7) is 7.19. The van der Waals surface area contributed by atoms with Crippen LogP contribution in [0.15, 0.2) is 48.2 Å². The zero-order valence-electron chi connectivity index (χ0n) is 20.6. The number of aliphatic hydroxyl groups is 1. The second kappa shape index (κ2) is 7.04. The molecule has 7 rings (SSSR count). The molecule has 1 N–H and O–H groups in total. The monoisotopic (exact) mass is 453 g/mol. The molecule has 176 valence electrons. The zero-order chi connectivity index (χ0) is 23.2. The lowest BCUT2D eigenvalue weighted by molar-refractivity contribution is -0.0169. The van der Waals surface area contributed by atoms with Gasteiger partial charge >= 0.3 is 0 Å². The Hall–Kier alpha value is -2.46. The largest absolute Gasteiger partial charge is 0.393 e. The summed E-state index contributed by atoms with van der Waals surface area (Å²) in [4.78, 5) is 5.28. The molecule has 4 aliphatic rings. The molecule has 2 fully saturated rings. The summed E-state index contributed by atoms with van der Waals surface area (Å²) >= 11 is 0. The summed E-state index contributed by atoms with van der Waals surface area (Å²) in [5.74, 6) is 2.03. The molecule has 4 nitrogen and oxygen atoms in total. The van der Waals surface area contributed by atoms with E-state index in [9.17, 15) is 5.11 Å². The number of hydrogen-bond acceptors (Lipinski definition) is 3. The Morgan fingerprint density at radius 1 is 1.03 bits per heavy atom. The smallest absolute Gasteiger partial charge is 0.155 e. The van der Waals surface area contributed by atoms with Crippen molar-refractivity contribution in [3.8, 4) is 11.3 Å². The van der Waals surface area contributed by atoms with Gasteiger partial charge in [0.05, 0.1) is 23.7 Å². The number of hydrogen-bond donors (Lipinski definition) is 1. The highest BCUT2D eigenvalue weighted by Gasteiger charge is 2.58. The molecule has 1 unspecified atom stereocenters. The molecule has 2 heterocycles. The molecule has 0 spiro atoms. The fourth-order valence-corrected chi connectivity index (χ4v) is 8.58. The van der Waals surface area contributed by atoms with E-state index in [1.807, 2.05) is 6.20 Å². The molecule has 0 saturated heterocycles. The molecule has 0 radical (unpaired) electrons. The summed E-state index contributed by atoms with van der Waals surface area (Å²) in [7, 11) is 0. The number of aliphatic hydroxyl groups excluding tert-OH is 1. The van der Waals surface area contributed by atoms with Crippen molar-refractivity contribution < 1.29 is 5.11 Å². The van der Waals surface area contributed by atoms with E-state index in [-0.39, 0.29) is 16.9 Å². The Balaban J connectivity index is 1.37. The number of nitrogens with zero attached hydrogens (tertiary/aromatic N) is 3. The molecule has 2 aromatic heterocycles. The third-order valence-electron chi connectivity index (χ3n) is 10.4. The van der Waals surface area contributed by atoms with Gasteiger partial charge in [-0.1, -0.05) is 49.3 Å². The van der Waals surface area contributed by atoms with Gasteiger partial charge < -0.3 is 5.11 Å². The van der Waals surface area contributed by atoms with Crippen molar-refractivity contribution in [1.29, 1.82) is 0 Å². The van der Waals surface area contributed by atoms with Crippen molar-refractivity contribution in [2.75, 3.05) is 0 Å². The van der Waals surface area contributed by atoms with E-state index >= 15 is 0 Å². The van der Waals surface area contributed by atoms with Crippen molar-refractivity contribution in [1.82, 2.24) is 14.6 Å². The molecule has 0 bridgehead atoms. The molecule has 4 heteroatoms. The lowest BCUT2D eigenvalue weighted by atomic mass is 9.48. The maximum absolute atomic E-state index is 10.3. The van der Waals surface area contributed by atoms with Gasteiger partial charge in [0.25, 0.3) is 0 Å². The topological polar surface area (TPSA) is 50.4 Å². The highest BCUT2D eigenvalue weighted by Crippen LogP contribution is 2.64. The highest BCUT2D eigenvalue weighted by atomic mass is 16.3. The summed E-state index contributed by atoms with van der Waals surface area (Å²) in [6, 6.07) is 10.9. The van der Waals surface area contributed by atoms with E-state index < -0.39 is 0 Å². The van der Waals surface area contributed by atoms with Crippen LogP contribution in [0.3, 0.4) is 0 Å². The van der Waals surface area contributed by atoms with E-state index in [2.05, 4.69) is 61.7 Å². The average Bonchev–Trinajstić information content (AvgIpc) is 3.40. The Morgan fingerprint density at radius 3 is 2.74 bits per heavy atom. The van der Waals surface area contributed by atoms with Gasteiger partial charge in [0, 0.05) is 22.6 Å². The third kappa shape index (κ3) is 2.69. The standard InChI is InChI=1S/C30H35N3O/c1-18-5-4-6-19(15-18)27-23-17-25-22-8-7-20-16-21(34)9-12-29(20,2)24(22)10-13-30(25,3)28(23)32-26-11-14-31-33(26)27/h4-7,11,14-15,21-22,24-25,34H,8-10,12-13,16-17H2,1-3H3/t21-,22-,24?,25-,29-,30-/m0/s1. The molecule has 2 saturated carbocycles. The average molecular weight is 454 g/mol. The van der Waals surface area contributed by atoms with E-state index in [0.29, 0.717) is 11.8 Å². The van der Waals surface area contributed by atoms with Crippen LogP contribution in [0.25, 0.3) is 16.9 Å². The first-order valence-corrected chi connectivity index (χ1v) is 13.2. The molecule has 0 amide bonds. The molecule has 6 atom stereocenters. The zero-order valence-corrected chi connectivity index (χ0v) is 20.6. The van der Waals surface area contributed by atoms with Crippen LogP contribution in [0.4, 0.5) is 0 Å². The van der Waals surface area contributed by atoms with Crippen LogP contribution in [0, 0.1) is 30.1 Å². The van der Waals surface area contributed by atoms with Gasteiger partial charge in [-0.15, -0.1) is 0 Å². The SMILES string of the molecule is Cc1cccc(-c2c3c(nc4ccnn24)[C@@]2(C)CCC4[C@H](CC=C5C[C@@H](O)CC[C@@]54C)[C@@H]2C3)c1. The molecular weight excluding hydrogens is 418 g/mol. The number of aromatic nitrogens is 3. The van der Waals surface area contributed by atoms with Crippen LogP contribution in [-0.4, -0.2) is 25.8 Å². The number of benzene rings is 1. The Labute approximate surface area is 202 Å². The first-order chi connectivity index (χ1) is 16.4. The lowest BCUT2D eigenvalue weighted by Gasteiger charge is -2.57. The van der Waals surface area contributed by atoms with Gasteiger partial charge in [0.15, 0.2) is 5.65 Å². The van der Waals surface area contributed by atoms with E-state index in [1.54, 1.807) is 5.57 Å². The number of rotatable bonds is 1. The van der Waals surface area contributed by atoms with Gasteiger partial charge in [0.1, 0.15) is 0 Å². The fraction of sp³-hybridized carbons (Fsp3) is 0.533. The molecule has 3 aromatic rings. The number of aryl methyl sites for hydroxylation is 1. The number of allylic oxidation sites excluding steroid dienone is 1. The van der Waals surface area contributed by atoms with Gasteiger partial charge in [-0.2, -0.15) is 5.10 Å². The van der Waals surface area contributed by atoms with Gasteiger partial charge in [-0.05, 0) is 81.1 Å². The Kier molecular flexibility index (Phi) is 4.32. The van der Waals surface area contributed by atoms with Gasteiger partial charge in [-0.3, -0.25) is 0 Å². The highest BCUT2D eigenvalue weighted by molar-refractivity contribution is 5.70. The summed E-state index contributed by atoms with van der Waals surface area (Å²) in [6.07, 6.45) is 12.0. The predicted molar refractivity (Wildman–Crippen MR) is 135 cm³/mol. The molecule has 0 aliphatic heterocycles. The molecule has 4 aliphatic carbocycles. The summed E-state index contributed by atoms with van der Waals surface area (Å²) < 4.78 is 2.08. The Morgan fingerprint density at radius 2 is 1.88 bits per heavy atom. The number of fused-ring (bicyclic) bond motifs is 8. The normalized spacial score (nSPS) is 36.4. The summed E-state index contributed by atoms with van der Waals surface area (Å²) in [5.41, 5.74) is 9.44.